The van der Waals surface area contributed by atoms with E-state index in [1.165, 1.54) is 12.1 Å². The van der Waals surface area contributed by atoms with Crippen LogP contribution < -0.4 is 4.74 Å². The third kappa shape index (κ3) is 3.83. The third-order valence-corrected chi connectivity index (χ3v) is 4.70. The molecule has 1 nitrogen and oxygen atoms in total. The molecule has 1 unspecified atom stereocenters. The van der Waals surface area contributed by atoms with Crippen LogP contribution in [0, 0.1) is 5.82 Å². The van der Waals surface area contributed by atoms with Gasteiger partial charge in [-0.05, 0) is 48.9 Å². The zero-order valence-electron chi connectivity index (χ0n) is 10.7. The Morgan fingerprint density at radius 3 is 2.50 bits per heavy atom. The molecule has 0 fully saturated rings. The molecule has 0 spiro atoms. The van der Waals surface area contributed by atoms with E-state index >= 15 is 0 Å². The molecular formula is C15H12Br3FO. The van der Waals surface area contributed by atoms with Crippen molar-refractivity contribution >= 4 is 47.8 Å². The molecule has 0 amide bonds. The van der Waals surface area contributed by atoms with Gasteiger partial charge in [0.15, 0.2) is 0 Å². The van der Waals surface area contributed by atoms with Crippen molar-refractivity contribution in [1.82, 2.24) is 0 Å². The maximum Gasteiger partial charge on any atom is 0.124 e. The fourth-order valence-electron chi connectivity index (χ4n) is 1.91. The summed E-state index contributed by atoms with van der Waals surface area (Å²) in [7, 11) is 0. The molecule has 0 N–H and O–H groups in total. The first kappa shape index (κ1) is 16.0. The number of ether oxygens (including phenoxy) is 1. The molecule has 0 aliphatic carbocycles. The van der Waals surface area contributed by atoms with Gasteiger partial charge in [0.1, 0.15) is 11.6 Å². The molecule has 0 heterocycles. The minimum absolute atomic E-state index is 0.145. The van der Waals surface area contributed by atoms with Crippen LogP contribution in [0.3, 0.4) is 0 Å². The van der Waals surface area contributed by atoms with Crippen LogP contribution in [0.1, 0.15) is 22.9 Å². The molecule has 0 aliphatic rings. The Balaban J connectivity index is 2.46. The lowest BCUT2D eigenvalue weighted by atomic mass is 10.0. The van der Waals surface area contributed by atoms with Crippen molar-refractivity contribution in [3.63, 3.8) is 0 Å². The lowest BCUT2D eigenvalue weighted by Gasteiger charge is -2.16. The highest BCUT2D eigenvalue weighted by Gasteiger charge is 2.17. The van der Waals surface area contributed by atoms with Crippen molar-refractivity contribution in [2.24, 2.45) is 0 Å². The average Bonchev–Trinajstić information content (AvgIpc) is 2.39. The first-order valence-electron chi connectivity index (χ1n) is 6.03. The summed E-state index contributed by atoms with van der Waals surface area (Å²) in [6.07, 6.45) is 0. The van der Waals surface area contributed by atoms with Gasteiger partial charge in [0.25, 0.3) is 0 Å². The van der Waals surface area contributed by atoms with E-state index in [0.717, 1.165) is 21.3 Å². The van der Waals surface area contributed by atoms with Crippen molar-refractivity contribution in [2.75, 3.05) is 6.61 Å². The molecule has 0 aliphatic heterocycles. The number of rotatable bonds is 4. The van der Waals surface area contributed by atoms with Crippen LogP contribution in [0.5, 0.6) is 5.75 Å². The van der Waals surface area contributed by atoms with Gasteiger partial charge in [0.05, 0.1) is 11.4 Å². The van der Waals surface area contributed by atoms with Gasteiger partial charge in [-0.1, -0.05) is 47.8 Å². The lowest BCUT2D eigenvalue weighted by Crippen LogP contribution is -2.00. The van der Waals surface area contributed by atoms with Crippen molar-refractivity contribution in [2.45, 2.75) is 11.8 Å². The van der Waals surface area contributed by atoms with E-state index in [9.17, 15) is 4.39 Å². The second-order valence-electron chi connectivity index (χ2n) is 4.18. The van der Waals surface area contributed by atoms with Crippen LogP contribution >= 0.6 is 47.8 Å². The summed E-state index contributed by atoms with van der Waals surface area (Å²) in [6.45, 7) is 2.52. The molecule has 2 rings (SSSR count). The SMILES string of the molecule is CCOc1ccc(Br)cc1C(Br)c1cc(F)cc(Br)c1. The fraction of sp³-hybridized carbons (Fsp3) is 0.200. The van der Waals surface area contributed by atoms with Crippen LogP contribution in [0.4, 0.5) is 4.39 Å². The van der Waals surface area contributed by atoms with Gasteiger partial charge in [-0.15, -0.1) is 0 Å². The Morgan fingerprint density at radius 1 is 1.10 bits per heavy atom. The van der Waals surface area contributed by atoms with Gasteiger partial charge in [0.2, 0.25) is 0 Å². The van der Waals surface area contributed by atoms with Crippen molar-refractivity contribution in [1.29, 1.82) is 0 Å². The van der Waals surface area contributed by atoms with Crippen molar-refractivity contribution in [3.05, 3.63) is 62.3 Å². The molecule has 0 saturated carbocycles. The van der Waals surface area contributed by atoms with Gasteiger partial charge in [-0.2, -0.15) is 0 Å². The largest absolute Gasteiger partial charge is 0.494 e. The molecule has 0 aromatic heterocycles. The van der Waals surface area contributed by atoms with Crippen LogP contribution in [0.25, 0.3) is 0 Å². The Morgan fingerprint density at radius 2 is 1.85 bits per heavy atom. The average molecular weight is 467 g/mol. The minimum atomic E-state index is -0.271. The molecule has 0 bridgehead atoms. The highest BCUT2D eigenvalue weighted by atomic mass is 79.9. The van der Waals surface area contributed by atoms with Crippen LogP contribution in [-0.4, -0.2) is 6.61 Å². The molecule has 20 heavy (non-hydrogen) atoms. The molecule has 2 aromatic carbocycles. The summed E-state index contributed by atoms with van der Waals surface area (Å²) in [4.78, 5) is -0.145. The number of benzene rings is 2. The van der Waals surface area contributed by atoms with Gasteiger partial charge >= 0.3 is 0 Å². The number of hydrogen-bond donors (Lipinski definition) is 0. The summed E-state index contributed by atoms with van der Waals surface area (Å²) < 4.78 is 20.8. The summed E-state index contributed by atoms with van der Waals surface area (Å²) >= 11 is 10.4. The fourth-order valence-corrected chi connectivity index (χ4v) is 3.39. The molecule has 2 aromatic rings. The van der Waals surface area contributed by atoms with E-state index in [4.69, 9.17) is 4.74 Å². The molecule has 106 valence electrons. The van der Waals surface area contributed by atoms with Crippen LogP contribution in [0.15, 0.2) is 45.3 Å². The van der Waals surface area contributed by atoms with Gasteiger partial charge in [-0.25, -0.2) is 4.39 Å². The zero-order chi connectivity index (χ0) is 14.7. The normalized spacial score (nSPS) is 12.2. The highest BCUT2D eigenvalue weighted by molar-refractivity contribution is 9.11. The predicted molar refractivity (Wildman–Crippen MR) is 90.2 cm³/mol. The molecule has 0 radical (unpaired) electrons. The first-order valence-corrected chi connectivity index (χ1v) is 8.53. The lowest BCUT2D eigenvalue weighted by molar-refractivity contribution is 0.337. The van der Waals surface area contributed by atoms with E-state index in [1.54, 1.807) is 0 Å². The minimum Gasteiger partial charge on any atom is -0.494 e. The van der Waals surface area contributed by atoms with E-state index < -0.39 is 0 Å². The number of alkyl halides is 1. The van der Waals surface area contributed by atoms with E-state index in [-0.39, 0.29) is 10.6 Å². The number of halogens is 4. The summed E-state index contributed by atoms with van der Waals surface area (Å²) in [5, 5.41) is 0. The summed E-state index contributed by atoms with van der Waals surface area (Å²) in [5.74, 6) is 0.518. The van der Waals surface area contributed by atoms with Gasteiger partial charge in [0, 0.05) is 14.5 Å². The predicted octanol–water partition coefficient (Wildman–Crippen LogP) is 6.23. The monoisotopic (exact) mass is 464 g/mol. The Bertz CT molecular complexity index is 596. The topological polar surface area (TPSA) is 9.23 Å². The molecular weight excluding hydrogens is 455 g/mol. The maximum atomic E-state index is 13.5. The van der Waals surface area contributed by atoms with E-state index in [2.05, 4.69) is 47.8 Å². The zero-order valence-corrected chi connectivity index (χ0v) is 15.4. The highest BCUT2D eigenvalue weighted by Crippen LogP contribution is 2.39. The van der Waals surface area contributed by atoms with Crippen molar-refractivity contribution in [3.8, 4) is 5.75 Å². The second-order valence-corrected chi connectivity index (χ2v) is 6.93. The van der Waals surface area contributed by atoms with E-state index in [0.29, 0.717) is 11.1 Å². The summed E-state index contributed by atoms with van der Waals surface area (Å²) in [5.41, 5.74) is 1.79. The second kappa shape index (κ2) is 7.05. The van der Waals surface area contributed by atoms with E-state index in [1.807, 2.05) is 31.2 Å². The van der Waals surface area contributed by atoms with Gasteiger partial charge in [-0.3, -0.25) is 0 Å². The van der Waals surface area contributed by atoms with Crippen LogP contribution in [0.2, 0.25) is 0 Å². The Hall–Kier alpha value is -0.390. The first-order chi connectivity index (χ1) is 9.51. The van der Waals surface area contributed by atoms with Crippen molar-refractivity contribution < 1.29 is 9.13 Å². The smallest absolute Gasteiger partial charge is 0.124 e. The standard InChI is InChI=1S/C15H12Br3FO/c1-2-20-14-4-3-10(16)8-13(14)15(18)9-5-11(17)7-12(19)6-9/h3-8,15H,2H2,1H3. The van der Waals surface area contributed by atoms with Crippen LogP contribution in [-0.2, 0) is 0 Å². The Kier molecular flexibility index (Phi) is 5.64. The molecule has 1 atom stereocenters. The molecule has 0 saturated heterocycles. The maximum absolute atomic E-state index is 13.5. The molecule has 5 heteroatoms. The quantitative estimate of drug-likeness (QED) is 0.485. The Labute approximate surface area is 142 Å². The third-order valence-electron chi connectivity index (χ3n) is 2.72. The van der Waals surface area contributed by atoms with Gasteiger partial charge < -0.3 is 4.74 Å². The number of hydrogen-bond acceptors (Lipinski definition) is 1. The summed E-state index contributed by atoms with van der Waals surface area (Å²) in [6, 6.07) is 10.7.